The molecule has 1 aromatic carbocycles. The standard InChI is InChI=1S/C25H28Cl2FN5O2/c1-3-33-13-16(6-15-4-5-21(28)19(26)8-15)9-25(33,24(29)35)14(2)23(34)32-11-17-7-18-20(27)12-31-22(18)30-10-17/h4-5,7-8,10,12,14,16H,3,6,9,11,13H2,1-2H3,(H2,29,35)(H,30,31)(H,32,34)/t14-,16?,25?/m1/s1. The number of pyridine rings is 1. The van der Waals surface area contributed by atoms with Crippen molar-refractivity contribution in [1.29, 1.82) is 0 Å². The first kappa shape index (κ1) is 25.4. The Morgan fingerprint density at radius 1 is 1.31 bits per heavy atom. The van der Waals surface area contributed by atoms with E-state index in [1.165, 1.54) is 6.07 Å². The number of carbonyl (C=O) groups excluding carboxylic acids is 2. The topological polar surface area (TPSA) is 104 Å². The highest BCUT2D eigenvalue weighted by Crippen LogP contribution is 2.40. The summed E-state index contributed by atoms with van der Waals surface area (Å²) in [6, 6.07) is 6.51. The van der Waals surface area contributed by atoms with E-state index in [1.807, 2.05) is 17.9 Å². The Morgan fingerprint density at radius 2 is 2.09 bits per heavy atom. The van der Waals surface area contributed by atoms with Gasteiger partial charge in [0.05, 0.1) is 16.0 Å². The summed E-state index contributed by atoms with van der Waals surface area (Å²) in [7, 11) is 0. The number of H-pyrrole nitrogens is 1. The van der Waals surface area contributed by atoms with Gasteiger partial charge >= 0.3 is 0 Å². The summed E-state index contributed by atoms with van der Waals surface area (Å²) in [5.41, 5.74) is 7.16. The zero-order chi connectivity index (χ0) is 25.3. The highest BCUT2D eigenvalue weighted by molar-refractivity contribution is 6.35. The highest BCUT2D eigenvalue weighted by atomic mass is 35.5. The van der Waals surface area contributed by atoms with Crippen molar-refractivity contribution in [1.82, 2.24) is 20.2 Å². The van der Waals surface area contributed by atoms with Crippen molar-refractivity contribution in [3.05, 3.63) is 63.6 Å². The van der Waals surface area contributed by atoms with Crippen LogP contribution in [0.5, 0.6) is 0 Å². The lowest BCUT2D eigenvalue weighted by molar-refractivity contribution is -0.140. The van der Waals surface area contributed by atoms with Crippen LogP contribution in [-0.2, 0) is 22.6 Å². The number of likely N-dealkylation sites (N-methyl/N-ethyl adjacent to an activating group) is 1. The minimum atomic E-state index is -1.13. The fourth-order valence-electron chi connectivity index (χ4n) is 5.25. The summed E-state index contributed by atoms with van der Waals surface area (Å²) in [5, 5.41) is 4.32. The first-order valence-electron chi connectivity index (χ1n) is 11.5. The van der Waals surface area contributed by atoms with Gasteiger partial charge in [-0.25, -0.2) is 9.37 Å². The van der Waals surface area contributed by atoms with E-state index in [4.69, 9.17) is 28.9 Å². The molecule has 0 spiro atoms. The molecule has 7 nitrogen and oxygen atoms in total. The molecule has 2 unspecified atom stereocenters. The van der Waals surface area contributed by atoms with E-state index >= 15 is 0 Å². The molecule has 4 rings (SSSR count). The molecule has 0 radical (unpaired) electrons. The number of amides is 2. The fourth-order valence-corrected chi connectivity index (χ4v) is 5.65. The van der Waals surface area contributed by atoms with Gasteiger partial charge in [0.15, 0.2) is 0 Å². The zero-order valence-corrected chi connectivity index (χ0v) is 21.1. The van der Waals surface area contributed by atoms with Crippen LogP contribution in [0.25, 0.3) is 11.0 Å². The van der Waals surface area contributed by atoms with E-state index in [0.717, 1.165) is 16.5 Å². The van der Waals surface area contributed by atoms with Crippen LogP contribution in [0.15, 0.2) is 36.7 Å². The second kappa shape index (κ2) is 10.1. The molecule has 3 heterocycles. The summed E-state index contributed by atoms with van der Waals surface area (Å²) >= 11 is 12.1. The van der Waals surface area contributed by atoms with Gasteiger partial charge in [-0.1, -0.05) is 43.1 Å². The number of hydrogen-bond acceptors (Lipinski definition) is 4. The number of benzene rings is 1. The zero-order valence-electron chi connectivity index (χ0n) is 19.6. The largest absolute Gasteiger partial charge is 0.368 e. The van der Waals surface area contributed by atoms with E-state index < -0.39 is 23.2 Å². The number of halogens is 3. The number of nitrogens with zero attached hydrogens (tertiary/aromatic N) is 2. The third-order valence-corrected chi connectivity index (χ3v) is 7.68. The molecule has 0 bridgehead atoms. The monoisotopic (exact) mass is 519 g/mol. The molecule has 0 aliphatic carbocycles. The second-order valence-electron chi connectivity index (χ2n) is 9.17. The molecule has 10 heteroatoms. The van der Waals surface area contributed by atoms with Crippen molar-refractivity contribution in [3.63, 3.8) is 0 Å². The van der Waals surface area contributed by atoms with Crippen LogP contribution < -0.4 is 11.1 Å². The summed E-state index contributed by atoms with van der Waals surface area (Å²) in [5.74, 6) is -1.89. The Bertz CT molecular complexity index is 1270. The van der Waals surface area contributed by atoms with E-state index in [9.17, 15) is 14.0 Å². The number of rotatable bonds is 8. The highest BCUT2D eigenvalue weighted by Gasteiger charge is 2.54. The van der Waals surface area contributed by atoms with Gasteiger partial charge in [0.25, 0.3) is 0 Å². The van der Waals surface area contributed by atoms with Crippen molar-refractivity contribution >= 4 is 46.0 Å². The Labute approximate surface area is 213 Å². The molecule has 1 aliphatic heterocycles. The Hall–Kier alpha value is -2.68. The quantitative estimate of drug-likeness (QED) is 0.417. The Kier molecular flexibility index (Phi) is 7.35. The number of aromatic amines is 1. The molecule has 1 aliphatic rings. The van der Waals surface area contributed by atoms with Crippen LogP contribution in [0, 0.1) is 17.7 Å². The SMILES string of the molecule is CCN1CC(Cc2ccc(F)c(Cl)c2)CC1(C(N)=O)[C@H](C)C(=O)NCc1cnc2[nH]cc(Cl)c2c1. The van der Waals surface area contributed by atoms with Crippen molar-refractivity contribution in [2.75, 3.05) is 13.1 Å². The average molecular weight is 520 g/mol. The van der Waals surface area contributed by atoms with Crippen molar-refractivity contribution in [3.8, 4) is 0 Å². The maximum absolute atomic E-state index is 13.6. The first-order valence-corrected chi connectivity index (χ1v) is 12.3. The minimum Gasteiger partial charge on any atom is -0.368 e. The number of hydrogen-bond donors (Lipinski definition) is 3. The average Bonchev–Trinajstić information content (AvgIpc) is 3.40. The summed E-state index contributed by atoms with van der Waals surface area (Å²) in [6.07, 6.45) is 4.35. The lowest BCUT2D eigenvalue weighted by Gasteiger charge is -2.39. The number of primary amides is 1. The number of aromatic nitrogens is 2. The number of likely N-dealkylation sites (tertiary alicyclic amines) is 1. The third-order valence-electron chi connectivity index (χ3n) is 7.07. The number of carbonyl (C=O) groups is 2. The fraction of sp³-hybridized carbons (Fsp3) is 0.400. The molecule has 2 aromatic heterocycles. The van der Waals surface area contributed by atoms with Gasteiger partial charge in [-0.3, -0.25) is 14.5 Å². The van der Waals surface area contributed by atoms with Crippen LogP contribution in [0.2, 0.25) is 10.0 Å². The maximum Gasteiger partial charge on any atom is 0.238 e. The maximum atomic E-state index is 13.6. The minimum absolute atomic E-state index is 0.0570. The Morgan fingerprint density at radius 3 is 2.77 bits per heavy atom. The van der Waals surface area contributed by atoms with Gasteiger partial charge < -0.3 is 16.0 Å². The van der Waals surface area contributed by atoms with Gasteiger partial charge in [-0.15, -0.1) is 0 Å². The molecular weight excluding hydrogens is 492 g/mol. The van der Waals surface area contributed by atoms with Gasteiger partial charge in [0.2, 0.25) is 11.8 Å². The van der Waals surface area contributed by atoms with Crippen LogP contribution >= 0.6 is 23.2 Å². The molecule has 3 aromatic rings. The molecule has 186 valence electrons. The summed E-state index contributed by atoms with van der Waals surface area (Å²) < 4.78 is 13.6. The van der Waals surface area contributed by atoms with E-state index in [0.29, 0.717) is 36.6 Å². The smallest absolute Gasteiger partial charge is 0.238 e. The normalized spacial score (nSPS) is 21.3. The molecule has 35 heavy (non-hydrogen) atoms. The lowest BCUT2D eigenvalue weighted by atomic mass is 9.78. The van der Waals surface area contributed by atoms with Crippen LogP contribution in [0.1, 0.15) is 31.4 Å². The van der Waals surface area contributed by atoms with Crippen LogP contribution in [0.4, 0.5) is 4.39 Å². The predicted molar refractivity (Wildman–Crippen MR) is 135 cm³/mol. The number of nitrogens with one attached hydrogen (secondary N) is 2. The lowest BCUT2D eigenvalue weighted by Crippen LogP contribution is -2.61. The predicted octanol–water partition coefficient (Wildman–Crippen LogP) is 4.07. The molecule has 2 amide bonds. The van der Waals surface area contributed by atoms with Crippen LogP contribution in [0.3, 0.4) is 0 Å². The van der Waals surface area contributed by atoms with Gasteiger partial charge in [0.1, 0.15) is 17.0 Å². The van der Waals surface area contributed by atoms with Gasteiger partial charge in [-0.05, 0) is 54.6 Å². The van der Waals surface area contributed by atoms with Crippen molar-refractivity contribution in [2.45, 2.75) is 38.8 Å². The summed E-state index contributed by atoms with van der Waals surface area (Å²) in [4.78, 5) is 35.4. The number of nitrogens with two attached hydrogens (primary N) is 1. The molecule has 1 saturated heterocycles. The number of fused-ring (bicyclic) bond motifs is 1. The van der Waals surface area contributed by atoms with E-state index in [1.54, 1.807) is 31.5 Å². The first-order chi connectivity index (χ1) is 16.6. The van der Waals surface area contributed by atoms with E-state index in [-0.39, 0.29) is 23.4 Å². The molecule has 3 atom stereocenters. The molecular formula is C25H28Cl2FN5O2. The molecule has 0 saturated carbocycles. The summed E-state index contributed by atoms with van der Waals surface area (Å²) in [6.45, 7) is 5.09. The van der Waals surface area contributed by atoms with E-state index in [2.05, 4.69) is 15.3 Å². The van der Waals surface area contributed by atoms with Gasteiger partial charge in [-0.2, -0.15) is 0 Å². The molecule has 1 fully saturated rings. The van der Waals surface area contributed by atoms with Crippen molar-refractivity contribution in [2.24, 2.45) is 17.6 Å². The van der Waals surface area contributed by atoms with Gasteiger partial charge in [0, 0.05) is 30.9 Å². The Balaban J connectivity index is 1.50. The second-order valence-corrected chi connectivity index (χ2v) is 9.98. The third kappa shape index (κ3) is 4.87. The molecule has 4 N–H and O–H groups in total. The van der Waals surface area contributed by atoms with Crippen molar-refractivity contribution < 1.29 is 14.0 Å². The van der Waals surface area contributed by atoms with Crippen LogP contribution in [-0.4, -0.2) is 45.3 Å².